The Kier molecular flexibility index (Phi) is 4.43. The van der Waals surface area contributed by atoms with Crippen LogP contribution < -0.4 is 10.2 Å². The monoisotopic (exact) mass is 510 g/mol. The molecule has 2 aromatic carbocycles. The predicted octanol–water partition coefficient (Wildman–Crippen LogP) is 5.22. The number of nitrogens with zero attached hydrogens (tertiary/aromatic N) is 1. The van der Waals surface area contributed by atoms with Gasteiger partial charge in [-0.05, 0) is 94.9 Å². The SMILES string of the molecule is Cc1cc(Br)c(Cl)cc1NC(=O)c1ccc(N2C(=O)[C@H]3[C@@H]4C=C[C@@H]([C@H]5C[C@H]45)[C@@H]3C2=O)cc1. The van der Waals surface area contributed by atoms with Gasteiger partial charge in [0.15, 0.2) is 0 Å². The van der Waals surface area contributed by atoms with E-state index in [1.54, 1.807) is 30.3 Å². The Bertz CT molecular complexity index is 1190. The number of halogens is 2. The molecular weight excluding hydrogens is 492 g/mol. The minimum atomic E-state index is -0.284. The highest BCUT2D eigenvalue weighted by Crippen LogP contribution is 2.65. The molecule has 32 heavy (non-hydrogen) atoms. The van der Waals surface area contributed by atoms with E-state index < -0.39 is 0 Å². The zero-order valence-electron chi connectivity index (χ0n) is 17.2. The molecule has 0 unspecified atom stereocenters. The normalized spacial score (nSPS) is 31.5. The van der Waals surface area contributed by atoms with Crippen molar-refractivity contribution in [2.45, 2.75) is 13.3 Å². The van der Waals surface area contributed by atoms with Crippen molar-refractivity contribution in [2.75, 3.05) is 10.2 Å². The van der Waals surface area contributed by atoms with Crippen LogP contribution in [0.25, 0.3) is 0 Å². The van der Waals surface area contributed by atoms with Gasteiger partial charge in [0.1, 0.15) is 0 Å². The molecule has 5 nitrogen and oxygen atoms in total. The van der Waals surface area contributed by atoms with E-state index in [0.717, 1.165) is 16.5 Å². The van der Waals surface area contributed by atoms with Crippen molar-refractivity contribution < 1.29 is 14.4 Å². The minimum Gasteiger partial charge on any atom is -0.322 e. The average molecular weight is 512 g/mol. The minimum absolute atomic E-state index is 0.0953. The highest BCUT2D eigenvalue weighted by atomic mass is 79.9. The van der Waals surface area contributed by atoms with E-state index >= 15 is 0 Å². The third kappa shape index (κ3) is 2.85. The summed E-state index contributed by atoms with van der Waals surface area (Å²) in [7, 11) is 0. The lowest BCUT2D eigenvalue weighted by Crippen LogP contribution is -2.40. The van der Waals surface area contributed by atoms with E-state index in [1.807, 2.05) is 13.0 Å². The first-order chi connectivity index (χ1) is 15.3. The molecule has 5 aliphatic rings. The predicted molar refractivity (Wildman–Crippen MR) is 125 cm³/mol. The van der Waals surface area contributed by atoms with Crippen LogP contribution in [0.1, 0.15) is 22.3 Å². The lowest BCUT2D eigenvalue weighted by atomic mass is 9.63. The summed E-state index contributed by atoms with van der Waals surface area (Å²) in [6.45, 7) is 1.88. The van der Waals surface area contributed by atoms with Crippen LogP contribution >= 0.6 is 27.5 Å². The standard InChI is InChI=1S/C25H20BrClN2O3/c1-11-8-18(26)19(27)10-20(11)28-23(30)12-2-4-13(5-3-12)29-24(31)21-14-6-7-15(17-9-16(14)17)22(21)25(29)32/h2-8,10,14-17,21-22H,9H2,1H3,(H,28,30)/t14-,15+,16-,17-,21+,22+/m1/s1. The number of hydrogen-bond acceptors (Lipinski definition) is 3. The average Bonchev–Trinajstić information content (AvgIpc) is 3.55. The molecule has 162 valence electrons. The number of anilines is 2. The van der Waals surface area contributed by atoms with Crippen molar-refractivity contribution in [1.82, 2.24) is 0 Å². The molecule has 1 N–H and O–H groups in total. The van der Waals surface area contributed by atoms with Gasteiger partial charge in [0.2, 0.25) is 11.8 Å². The van der Waals surface area contributed by atoms with E-state index in [4.69, 9.17) is 11.6 Å². The summed E-state index contributed by atoms with van der Waals surface area (Å²) < 4.78 is 0.764. The van der Waals surface area contributed by atoms with Gasteiger partial charge in [0.25, 0.3) is 5.91 Å². The molecule has 3 fully saturated rings. The number of imide groups is 1. The third-order valence-corrected chi connectivity index (χ3v) is 8.76. The van der Waals surface area contributed by atoms with E-state index in [9.17, 15) is 14.4 Å². The Morgan fingerprint density at radius 2 is 1.62 bits per heavy atom. The van der Waals surface area contributed by atoms with Gasteiger partial charge in [-0.3, -0.25) is 19.3 Å². The summed E-state index contributed by atoms with van der Waals surface area (Å²) in [6, 6.07) is 10.2. The first kappa shape index (κ1) is 20.2. The summed E-state index contributed by atoms with van der Waals surface area (Å²) in [5, 5.41) is 3.38. The zero-order valence-corrected chi connectivity index (χ0v) is 19.6. The molecule has 3 amide bonds. The Balaban J connectivity index is 1.23. The summed E-state index contributed by atoms with van der Waals surface area (Å²) in [4.78, 5) is 40.6. The van der Waals surface area contributed by atoms with Crippen molar-refractivity contribution in [2.24, 2.45) is 35.5 Å². The van der Waals surface area contributed by atoms with Crippen LogP contribution in [0, 0.1) is 42.4 Å². The Morgan fingerprint density at radius 1 is 1.03 bits per heavy atom. The molecule has 6 atom stereocenters. The van der Waals surface area contributed by atoms with Gasteiger partial charge in [0.05, 0.1) is 22.5 Å². The largest absolute Gasteiger partial charge is 0.322 e. The molecule has 4 aliphatic carbocycles. The molecule has 2 aromatic rings. The van der Waals surface area contributed by atoms with Crippen LogP contribution in [-0.4, -0.2) is 17.7 Å². The fourth-order valence-electron chi connectivity index (χ4n) is 5.95. The molecule has 1 heterocycles. The molecule has 1 aliphatic heterocycles. The number of aryl methyl sites for hydroxylation is 1. The molecule has 1 saturated heterocycles. The van der Waals surface area contributed by atoms with Crippen LogP contribution in [0.15, 0.2) is 53.0 Å². The summed E-state index contributed by atoms with van der Waals surface area (Å²) >= 11 is 9.52. The maximum absolute atomic E-state index is 13.2. The second kappa shape index (κ2) is 7.03. The fourth-order valence-corrected chi connectivity index (χ4v) is 6.57. The van der Waals surface area contributed by atoms with Gasteiger partial charge in [-0.2, -0.15) is 0 Å². The molecule has 2 saturated carbocycles. The van der Waals surface area contributed by atoms with Crippen molar-refractivity contribution in [1.29, 1.82) is 0 Å². The maximum atomic E-state index is 13.2. The van der Waals surface area contributed by atoms with Crippen molar-refractivity contribution in [3.8, 4) is 0 Å². The molecule has 2 bridgehead atoms. The van der Waals surface area contributed by atoms with Crippen molar-refractivity contribution in [3.63, 3.8) is 0 Å². The Morgan fingerprint density at radius 3 is 2.22 bits per heavy atom. The van der Waals surface area contributed by atoms with E-state index in [0.29, 0.717) is 33.8 Å². The summed E-state index contributed by atoms with van der Waals surface area (Å²) in [6.07, 6.45) is 5.47. The van der Waals surface area contributed by atoms with Gasteiger partial charge >= 0.3 is 0 Å². The number of nitrogens with one attached hydrogen (secondary N) is 1. The van der Waals surface area contributed by atoms with Gasteiger partial charge in [-0.25, -0.2) is 0 Å². The quantitative estimate of drug-likeness (QED) is 0.454. The van der Waals surface area contributed by atoms with Crippen LogP contribution in [0.5, 0.6) is 0 Å². The number of allylic oxidation sites excluding steroid dienone is 2. The van der Waals surface area contributed by atoms with E-state index in [2.05, 4.69) is 33.4 Å². The van der Waals surface area contributed by atoms with Crippen LogP contribution in [-0.2, 0) is 9.59 Å². The second-order valence-corrected chi connectivity index (χ2v) is 10.5. The van der Waals surface area contributed by atoms with Crippen LogP contribution in [0.4, 0.5) is 11.4 Å². The van der Waals surface area contributed by atoms with Crippen LogP contribution in [0.3, 0.4) is 0 Å². The van der Waals surface area contributed by atoms with E-state index in [-0.39, 0.29) is 41.4 Å². The lowest BCUT2D eigenvalue weighted by molar-refractivity contribution is -0.124. The topological polar surface area (TPSA) is 66.5 Å². The number of hydrogen-bond donors (Lipinski definition) is 1. The molecule has 0 radical (unpaired) electrons. The molecule has 0 spiro atoms. The number of carbonyl (C=O) groups excluding carboxylic acids is 3. The highest BCUT2D eigenvalue weighted by Gasteiger charge is 2.67. The first-order valence-electron chi connectivity index (χ1n) is 10.8. The smallest absolute Gasteiger partial charge is 0.255 e. The lowest BCUT2D eigenvalue weighted by Gasteiger charge is -2.37. The number of rotatable bonds is 3. The Hall–Kier alpha value is -2.44. The van der Waals surface area contributed by atoms with Crippen molar-refractivity contribution in [3.05, 3.63) is 69.2 Å². The van der Waals surface area contributed by atoms with Gasteiger partial charge < -0.3 is 5.32 Å². The number of amides is 3. The second-order valence-electron chi connectivity index (χ2n) is 9.25. The number of benzene rings is 2. The fraction of sp³-hybridized carbons (Fsp3) is 0.320. The molecule has 0 aromatic heterocycles. The van der Waals surface area contributed by atoms with Gasteiger partial charge in [-0.15, -0.1) is 0 Å². The summed E-state index contributed by atoms with van der Waals surface area (Å²) in [5.74, 6) is 0.611. The molecular formula is C25H20BrClN2O3. The highest BCUT2D eigenvalue weighted by molar-refractivity contribution is 9.10. The third-order valence-electron chi connectivity index (χ3n) is 7.57. The first-order valence-corrected chi connectivity index (χ1v) is 12.0. The maximum Gasteiger partial charge on any atom is 0.255 e. The zero-order chi connectivity index (χ0) is 22.3. The number of carbonyl (C=O) groups is 3. The van der Waals surface area contributed by atoms with Gasteiger partial charge in [0, 0.05) is 15.7 Å². The Labute approximate surface area is 198 Å². The summed E-state index contributed by atoms with van der Waals surface area (Å²) in [5.41, 5.74) is 2.47. The van der Waals surface area contributed by atoms with E-state index in [1.165, 1.54) is 4.90 Å². The molecule has 7 rings (SSSR count). The molecule has 7 heteroatoms. The van der Waals surface area contributed by atoms with Crippen LogP contribution in [0.2, 0.25) is 5.02 Å². The van der Waals surface area contributed by atoms with Gasteiger partial charge in [-0.1, -0.05) is 23.8 Å². The van der Waals surface area contributed by atoms with Crippen molar-refractivity contribution >= 4 is 56.6 Å².